The van der Waals surface area contributed by atoms with Gasteiger partial charge in [-0.3, -0.25) is 9.59 Å². The number of carbonyl (C=O) groups is 2. The molecule has 0 aliphatic heterocycles. The highest BCUT2D eigenvalue weighted by molar-refractivity contribution is 5.94. The third-order valence-electron chi connectivity index (χ3n) is 4.51. The van der Waals surface area contributed by atoms with Gasteiger partial charge in [0.15, 0.2) is 0 Å². The molecule has 0 spiro atoms. The van der Waals surface area contributed by atoms with Crippen LogP contribution in [0.3, 0.4) is 0 Å². The van der Waals surface area contributed by atoms with Crippen LogP contribution >= 0.6 is 0 Å². The van der Waals surface area contributed by atoms with Crippen molar-refractivity contribution in [2.24, 2.45) is 0 Å². The molecule has 0 fully saturated rings. The first-order valence-corrected chi connectivity index (χ1v) is 9.69. The lowest BCUT2D eigenvalue weighted by atomic mass is 10.1. The normalized spacial score (nSPS) is 10.1. The topological polar surface area (TPSA) is 58.6 Å². The second kappa shape index (κ2) is 10.9. The summed E-state index contributed by atoms with van der Waals surface area (Å²) in [7, 11) is 1.63. The molecule has 0 aliphatic rings. The van der Waals surface area contributed by atoms with E-state index < -0.39 is 0 Å². The SMILES string of the molecule is C#Cc1cccc(NC(=O)CN(C)C(=O)CCCCOc2cc(C)ccc2C)c1. The van der Waals surface area contributed by atoms with E-state index in [0.717, 1.165) is 23.3 Å². The third-order valence-corrected chi connectivity index (χ3v) is 4.51. The van der Waals surface area contributed by atoms with E-state index in [1.807, 2.05) is 26.0 Å². The molecular weight excluding hydrogens is 364 g/mol. The second-order valence-corrected chi connectivity index (χ2v) is 7.10. The van der Waals surface area contributed by atoms with Crippen molar-refractivity contribution in [1.29, 1.82) is 0 Å². The van der Waals surface area contributed by atoms with Crippen LogP contribution in [-0.4, -0.2) is 36.9 Å². The van der Waals surface area contributed by atoms with Crippen LogP contribution in [0.5, 0.6) is 5.75 Å². The highest BCUT2D eigenvalue weighted by Crippen LogP contribution is 2.19. The standard InChI is InChI=1S/C24H28N2O3/c1-5-20-9-8-10-21(16-20)25-23(27)17-26(4)24(28)11-6-7-14-29-22-15-18(2)12-13-19(22)3/h1,8-10,12-13,15-16H,6-7,11,14,17H2,2-4H3,(H,25,27). The number of rotatable bonds is 9. The number of terminal acetylenes is 1. The Morgan fingerprint density at radius 3 is 2.69 bits per heavy atom. The Kier molecular flexibility index (Phi) is 8.29. The molecule has 5 heteroatoms. The summed E-state index contributed by atoms with van der Waals surface area (Å²) in [6, 6.07) is 13.2. The van der Waals surface area contributed by atoms with Crippen LogP contribution in [0.15, 0.2) is 42.5 Å². The summed E-state index contributed by atoms with van der Waals surface area (Å²) in [4.78, 5) is 25.8. The van der Waals surface area contributed by atoms with Crippen molar-refractivity contribution >= 4 is 17.5 Å². The van der Waals surface area contributed by atoms with Gasteiger partial charge in [-0.15, -0.1) is 6.42 Å². The van der Waals surface area contributed by atoms with Crippen LogP contribution < -0.4 is 10.1 Å². The molecule has 5 nitrogen and oxygen atoms in total. The minimum absolute atomic E-state index is 0.00188. The molecular formula is C24H28N2O3. The first-order chi connectivity index (χ1) is 13.9. The van der Waals surface area contributed by atoms with E-state index in [1.54, 1.807) is 31.3 Å². The van der Waals surface area contributed by atoms with Gasteiger partial charge in [0.1, 0.15) is 5.75 Å². The number of anilines is 1. The lowest BCUT2D eigenvalue weighted by Crippen LogP contribution is -2.34. The molecule has 0 bridgehead atoms. The fraction of sp³-hybridized carbons (Fsp3) is 0.333. The molecule has 2 aromatic rings. The second-order valence-electron chi connectivity index (χ2n) is 7.10. The molecule has 1 N–H and O–H groups in total. The average molecular weight is 392 g/mol. The van der Waals surface area contributed by atoms with Gasteiger partial charge in [0.25, 0.3) is 0 Å². The van der Waals surface area contributed by atoms with Crippen molar-refractivity contribution in [3.63, 3.8) is 0 Å². The van der Waals surface area contributed by atoms with Gasteiger partial charge < -0.3 is 15.0 Å². The molecule has 0 aromatic heterocycles. The van der Waals surface area contributed by atoms with Crippen LogP contribution in [-0.2, 0) is 9.59 Å². The number of nitrogens with zero attached hydrogens (tertiary/aromatic N) is 1. The van der Waals surface area contributed by atoms with Gasteiger partial charge in [-0.25, -0.2) is 0 Å². The highest BCUT2D eigenvalue weighted by Gasteiger charge is 2.13. The van der Waals surface area contributed by atoms with Gasteiger partial charge in [0.05, 0.1) is 13.2 Å². The summed E-state index contributed by atoms with van der Waals surface area (Å²) in [6.07, 6.45) is 7.23. The molecule has 2 rings (SSSR count). The van der Waals surface area contributed by atoms with Crippen molar-refractivity contribution in [3.05, 3.63) is 59.2 Å². The zero-order chi connectivity index (χ0) is 21.2. The summed E-state index contributed by atoms with van der Waals surface area (Å²) >= 11 is 0. The maximum Gasteiger partial charge on any atom is 0.243 e. The number of nitrogens with one attached hydrogen (secondary N) is 1. The Morgan fingerprint density at radius 2 is 1.93 bits per heavy atom. The van der Waals surface area contributed by atoms with Gasteiger partial charge in [-0.05, 0) is 62.1 Å². The number of amides is 2. The summed E-state index contributed by atoms with van der Waals surface area (Å²) in [6.45, 7) is 4.61. The Morgan fingerprint density at radius 1 is 1.14 bits per heavy atom. The van der Waals surface area contributed by atoms with Gasteiger partial charge in [0, 0.05) is 24.7 Å². The number of hydrogen-bond acceptors (Lipinski definition) is 3. The fourth-order valence-electron chi connectivity index (χ4n) is 2.80. The van der Waals surface area contributed by atoms with E-state index in [2.05, 4.69) is 17.3 Å². The average Bonchev–Trinajstić information content (AvgIpc) is 2.70. The minimum atomic E-state index is -0.256. The van der Waals surface area contributed by atoms with E-state index >= 15 is 0 Å². The molecule has 29 heavy (non-hydrogen) atoms. The van der Waals surface area contributed by atoms with E-state index in [1.165, 1.54) is 4.90 Å². The van der Waals surface area contributed by atoms with E-state index in [0.29, 0.717) is 30.7 Å². The molecule has 0 saturated heterocycles. The Bertz CT molecular complexity index is 899. The number of unbranched alkanes of at least 4 members (excludes halogenated alkanes) is 1. The molecule has 0 heterocycles. The summed E-state index contributed by atoms with van der Waals surface area (Å²) in [5.74, 6) is 3.09. The third kappa shape index (κ3) is 7.34. The number of hydrogen-bond donors (Lipinski definition) is 1. The lowest BCUT2D eigenvalue weighted by Gasteiger charge is -2.17. The van der Waals surface area contributed by atoms with Crippen molar-refractivity contribution in [2.75, 3.05) is 25.5 Å². The monoisotopic (exact) mass is 392 g/mol. The van der Waals surface area contributed by atoms with Crippen LogP contribution in [0, 0.1) is 26.2 Å². The minimum Gasteiger partial charge on any atom is -0.493 e. The van der Waals surface area contributed by atoms with Gasteiger partial charge in [-0.2, -0.15) is 0 Å². The van der Waals surface area contributed by atoms with E-state index in [-0.39, 0.29) is 18.4 Å². The number of ether oxygens (including phenoxy) is 1. The first-order valence-electron chi connectivity index (χ1n) is 9.69. The molecule has 152 valence electrons. The number of benzene rings is 2. The lowest BCUT2D eigenvalue weighted by molar-refractivity contribution is -0.133. The zero-order valence-electron chi connectivity index (χ0n) is 17.3. The maximum atomic E-state index is 12.2. The van der Waals surface area contributed by atoms with Crippen molar-refractivity contribution < 1.29 is 14.3 Å². The van der Waals surface area contributed by atoms with Crippen LogP contribution in [0.2, 0.25) is 0 Å². The van der Waals surface area contributed by atoms with E-state index in [4.69, 9.17) is 11.2 Å². The molecule has 2 aromatic carbocycles. The highest BCUT2D eigenvalue weighted by atomic mass is 16.5. The fourth-order valence-corrected chi connectivity index (χ4v) is 2.80. The first kappa shape index (κ1) is 22.0. The van der Waals surface area contributed by atoms with Crippen LogP contribution in [0.25, 0.3) is 0 Å². The Hall–Kier alpha value is -3.26. The number of carbonyl (C=O) groups excluding carboxylic acids is 2. The summed E-state index contributed by atoms with van der Waals surface area (Å²) in [5, 5.41) is 2.76. The molecule has 0 radical (unpaired) electrons. The Balaban J connectivity index is 1.68. The van der Waals surface area contributed by atoms with Crippen LogP contribution in [0.1, 0.15) is 36.0 Å². The smallest absolute Gasteiger partial charge is 0.243 e. The maximum absolute atomic E-state index is 12.2. The summed E-state index contributed by atoms with van der Waals surface area (Å²) in [5.41, 5.74) is 3.57. The van der Waals surface area contributed by atoms with Crippen LogP contribution in [0.4, 0.5) is 5.69 Å². The number of likely N-dealkylation sites (N-methyl/N-ethyl adjacent to an activating group) is 1. The van der Waals surface area contributed by atoms with Gasteiger partial charge in [0.2, 0.25) is 11.8 Å². The largest absolute Gasteiger partial charge is 0.493 e. The van der Waals surface area contributed by atoms with Crippen molar-refractivity contribution in [2.45, 2.75) is 33.1 Å². The molecule has 0 unspecified atom stereocenters. The van der Waals surface area contributed by atoms with Crippen molar-refractivity contribution in [3.8, 4) is 18.1 Å². The molecule has 0 aliphatic carbocycles. The van der Waals surface area contributed by atoms with Gasteiger partial charge in [-0.1, -0.05) is 24.1 Å². The molecule has 0 atom stereocenters. The zero-order valence-corrected chi connectivity index (χ0v) is 17.3. The van der Waals surface area contributed by atoms with Crippen molar-refractivity contribution in [1.82, 2.24) is 4.90 Å². The predicted molar refractivity (Wildman–Crippen MR) is 116 cm³/mol. The predicted octanol–water partition coefficient (Wildman–Crippen LogP) is 3.93. The van der Waals surface area contributed by atoms with E-state index in [9.17, 15) is 9.59 Å². The summed E-state index contributed by atoms with van der Waals surface area (Å²) < 4.78 is 5.81. The molecule has 0 saturated carbocycles. The number of aryl methyl sites for hydroxylation is 2. The molecule has 2 amide bonds. The Labute approximate surface area is 173 Å². The quantitative estimate of drug-likeness (QED) is 0.520. The van der Waals surface area contributed by atoms with Gasteiger partial charge >= 0.3 is 0 Å².